The van der Waals surface area contributed by atoms with Crippen LogP contribution < -0.4 is 9.80 Å². The van der Waals surface area contributed by atoms with Crippen molar-refractivity contribution in [3.05, 3.63) is 224 Å². The lowest BCUT2D eigenvalue weighted by Crippen LogP contribution is -2.10. The second-order valence-electron chi connectivity index (χ2n) is 17.9. The molecule has 0 unspecified atom stereocenters. The number of hydrogen-bond donors (Lipinski definition) is 0. The summed E-state index contributed by atoms with van der Waals surface area (Å²) < 4.78 is 2.54. The molecule has 0 aliphatic heterocycles. The Hall–Kier alpha value is -7.88. The molecule has 12 rings (SSSR count). The molecule has 2 heterocycles. The summed E-state index contributed by atoms with van der Waals surface area (Å²) in [4.78, 5) is 4.69. The zero-order valence-corrected chi connectivity index (χ0v) is 35.6. The molecular weight excluding hydrogens is 763 g/mol. The fraction of sp³-hybridized carbons (Fsp3) is 0.0667. The topological polar surface area (TPSA) is 10.9 Å². The molecule has 0 saturated carbocycles. The molecule has 0 radical (unpaired) electrons. The normalized spacial score (nSPS) is 12.0. The van der Waals surface area contributed by atoms with Crippen molar-refractivity contribution in [2.45, 2.75) is 26.2 Å². The van der Waals surface area contributed by atoms with Gasteiger partial charge in [-0.3, -0.25) is 0 Å². The van der Waals surface area contributed by atoms with E-state index in [4.69, 9.17) is 0 Å². The van der Waals surface area contributed by atoms with Crippen molar-refractivity contribution < 1.29 is 0 Å². The van der Waals surface area contributed by atoms with E-state index in [2.05, 4.69) is 253 Å². The summed E-state index contributed by atoms with van der Waals surface area (Å²) in [6.07, 6.45) is 0. The summed E-state index contributed by atoms with van der Waals surface area (Å²) >= 11 is 0. The first-order valence-corrected chi connectivity index (χ1v) is 21.9. The van der Waals surface area contributed by atoms with E-state index < -0.39 is 0 Å². The van der Waals surface area contributed by atoms with Gasteiger partial charge in [0.05, 0.1) is 16.6 Å². The third kappa shape index (κ3) is 6.19. The lowest BCUT2D eigenvalue weighted by molar-refractivity contribution is 0.590. The van der Waals surface area contributed by atoms with Crippen LogP contribution in [0.5, 0.6) is 0 Å². The second-order valence-corrected chi connectivity index (χ2v) is 17.9. The SMILES string of the molecule is CC(C)(C)c1ccc(-c2cc3c4cc5ccc(N(c6ccccc6)c6ccccc6)cc5cc4n4c5cc6cc(N(c7ccccc7)c7ccccc7)ccc6cc5c(c2)c34)cc1. The van der Waals surface area contributed by atoms with E-state index in [0.29, 0.717) is 0 Å². The van der Waals surface area contributed by atoms with Crippen LogP contribution in [0.4, 0.5) is 34.1 Å². The van der Waals surface area contributed by atoms with E-state index in [1.54, 1.807) is 0 Å². The predicted molar refractivity (Wildman–Crippen MR) is 270 cm³/mol. The van der Waals surface area contributed by atoms with E-state index >= 15 is 0 Å². The minimum Gasteiger partial charge on any atom is -0.310 e. The Morgan fingerprint density at radius 3 is 1.10 bits per heavy atom. The van der Waals surface area contributed by atoms with Gasteiger partial charge in [0.1, 0.15) is 0 Å². The molecule has 0 spiro atoms. The molecule has 3 nitrogen and oxygen atoms in total. The van der Waals surface area contributed by atoms with Gasteiger partial charge < -0.3 is 14.2 Å². The lowest BCUT2D eigenvalue weighted by Gasteiger charge is -2.25. The molecule has 0 fully saturated rings. The molecule has 0 aliphatic carbocycles. The fourth-order valence-corrected chi connectivity index (χ4v) is 9.81. The number of anilines is 6. The number of rotatable bonds is 7. The summed E-state index contributed by atoms with van der Waals surface area (Å²) in [6, 6.07) is 80.2. The van der Waals surface area contributed by atoms with E-state index in [1.165, 1.54) is 76.3 Å². The number of aromatic nitrogens is 1. The minimum absolute atomic E-state index is 0.0865. The molecule has 0 N–H and O–H groups in total. The van der Waals surface area contributed by atoms with Crippen molar-refractivity contribution in [2.75, 3.05) is 9.80 Å². The van der Waals surface area contributed by atoms with Crippen molar-refractivity contribution in [3.63, 3.8) is 0 Å². The highest BCUT2D eigenvalue weighted by atomic mass is 15.1. The van der Waals surface area contributed by atoms with Crippen LogP contribution in [0.3, 0.4) is 0 Å². The van der Waals surface area contributed by atoms with Crippen molar-refractivity contribution in [2.24, 2.45) is 0 Å². The minimum atomic E-state index is 0.0865. The molecule has 0 saturated heterocycles. The van der Waals surface area contributed by atoms with Crippen LogP contribution >= 0.6 is 0 Å². The van der Waals surface area contributed by atoms with Gasteiger partial charge in [0, 0.05) is 55.7 Å². The summed E-state index contributed by atoms with van der Waals surface area (Å²) in [5, 5.41) is 9.93. The van der Waals surface area contributed by atoms with E-state index in [0.717, 1.165) is 34.1 Å². The Kier molecular flexibility index (Phi) is 8.42. The van der Waals surface area contributed by atoms with E-state index in [1.807, 2.05) is 0 Å². The third-order valence-electron chi connectivity index (χ3n) is 12.9. The zero-order valence-electron chi connectivity index (χ0n) is 35.6. The fourth-order valence-electron chi connectivity index (χ4n) is 9.81. The Morgan fingerprint density at radius 1 is 0.317 bits per heavy atom. The lowest BCUT2D eigenvalue weighted by atomic mass is 9.86. The Balaban J connectivity index is 1.11. The molecule has 63 heavy (non-hydrogen) atoms. The summed E-state index contributed by atoms with van der Waals surface area (Å²) in [7, 11) is 0. The average Bonchev–Trinajstić information content (AvgIpc) is 3.81. The average molecular weight is 808 g/mol. The molecule has 300 valence electrons. The van der Waals surface area contributed by atoms with Crippen LogP contribution in [0, 0.1) is 0 Å². The molecule has 2 aromatic heterocycles. The van der Waals surface area contributed by atoms with Crippen LogP contribution in [0.25, 0.3) is 70.8 Å². The quantitative estimate of drug-likeness (QED) is 0.159. The molecule has 0 aliphatic rings. The smallest absolute Gasteiger partial charge is 0.0620 e. The van der Waals surface area contributed by atoms with Crippen molar-refractivity contribution in [3.8, 4) is 11.1 Å². The first-order valence-electron chi connectivity index (χ1n) is 21.9. The second kappa shape index (κ2) is 14.4. The van der Waals surface area contributed by atoms with Gasteiger partial charge in [-0.15, -0.1) is 0 Å². The molecule has 10 aromatic carbocycles. The van der Waals surface area contributed by atoms with Gasteiger partial charge in [0.25, 0.3) is 0 Å². The van der Waals surface area contributed by atoms with Crippen LogP contribution in [0.1, 0.15) is 26.3 Å². The number of para-hydroxylation sites is 4. The maximum absolute atomic E-state index is 2.54. The van der Waals surface area contributed by atoms with Crippen LogP contribution in [-0.2, 0) is 5.41 Å². The Labute approximate surface area is 367 Å². The van der Waals surface area contributed by atoms with Gasteiger partial charge in [-0.25, -0.2) is 0 Å². The highest BCUT2D eigenvalue weighted by Crippen LogP contribution is 2.46. The van der Waals surface area contributed by atoms with Gasteiger partial charge in [0.2, 0.25) is 0 Å². The van der Waals surface area contributed by atoms with Gasteiger partial charge in [-0.05, 0) is 153 Å². The van der Waals surface area contributed by atoms with Crippen LogP contribution in [0.15, 0.2) is 218 Å². The monoisotopic (exact) mass is 807 g/mol. The van der Waals surface area contributed by atoms with E-state index in [9.17, 15) is 0 Å². The zero-order chi connectivity index (χ0) is 42.2. The standard InChI is InChI=1S/C60H45N3/c1-60(2,3)46-28-24-40(25-29-46)45-36-55-53-34-41-26-30-51(61(47-16-8-4-9-17-47)48-18-10-5-11-19-48)32-43(41)38-57(53)63-58-39-44-33-52(31-27-42(44)35-54(58)56(37-45)59(55)63)62(49-20-12-6-13-21-49)50-22-14-7-15-23-50/h4-39H,1-3H3. The van der Waals surface area contributed by atoms with Gasteiger partial charge in [-0.2, -0.15) is 0 Å². The number of hydrogen-bond acceptors (Lipinski definition) is 2. The maximum Gasteiger partial charge on any atom is 0.0620 e. The highest BCUT2D eigenvalue weighted by Gasteiger charge is 2.22. The van der Waals surface area contributed by atoms with Gasteiger partial charge in [0.15, 0.2) is 0 Å². The molecule has 3 heteroatoms. The molecular formula is C60H45N3. The number of nitrogens with zero attached hydrogens (tertiary/aromatic N) is 3. The molecule has 0 bridgehead atoms. The number of benzene rings is 10. The van der Waals surface area contributed by atoms with E-state index in [-0.39, 0.29) is 5.41 Å². The number of fused-ring (bicyclic) bond motifs is 8. The van der Waals surface area contributed by atoms with Crippen LogP contribution in [-0.4, -0.2) is 4.40 Å². The third-order valence-corrected chi connectivity index (χ3v) is 12.9. The largest absolute Gasteiger partial charge is 0.310 e. The highest BCUT2D eigenvalue weighted by molar-refractivity contribution is 6.27. The summed E-state index contributed by atoms with van der Waals surface area (Å²) in [6.45, 7) is 6.84. The first-order chi connectivity index (χ1) is 30.9. The first kappa shape index (κ1) is 36.9. The Bertz CT molecular complexity index is 3340. The van der Waals surface area contributed by atoms with Crippen molar-refractivity contribution in [1.29, 1.82) is 0 Å². The molecule has 0 atom stereocenters. The van der Waals surface area contributed by atoms with Crippen molar-refractivity contribution >= 4 is 93.8 Å². The summed E-state index contributed by atoms with van der Waals surface area (Å²) in [5.74, 6) is 0. The summed E-state index contributed by atoms with van der Waals surface area (Å²) in [5.41, 5.74) is 14.3. The molecule has 12 aromatic rings. The maximum atomic E-state index is 2.54. The van der Waals surface area contributed by atoms with Crippen LogP contribution in [0.2, 0.25) is 0 Å². The van der Waals surface area contributed by atoms with Gasteiger partial charge in [-0.1, -0.05) is 130 Å². The molecule has 0 amide bonds. The predicted octanol–water partition coefficient (Wildman–Crippen LogP) is 17.0. The van der Waals surface area contributed by atoms with Crippen molar-refractivity contribution in [1.82, 2.24) is 4.40 Å². The Morgan fingerprint density at radius 2 is 0.714 bits per heavy atom. The van der Waals surface area contributed by atoms with Gasteiger partial charge >= 0.3 is 0 Å².